The fourth-order valence-electron chi connectivity index (χ4n) is 3.25. The number of amides is 1. The Kier molecular flexibility index (Phi) is 4.96. The van der Waals surface area contributed by atoms with Gasteiger partial charge in [0.2, 0.25) is 5.91 Å². The van der Waals surface area contributed by atoms with E-state index in [2.05, 4.69) is 31.3 Å². The fourth-order valence-corrected chi connectivity index (χ4v) is 3.51. The van der Waals surface area contributed by atoms with E-state index in [9.17, 15) is 4.79 Å². The molecule has 3 heterocycles. The van der Waals surface area contributed by atoms with Gasteiger partial charge in [-0.3, -0.25) is 9.69 Å². The lowest BCUT2D eigenvalue weighted by molar-refractivity contribution is -0.117. The number of carbonyl (C=O) groups is 1. The number of hydrogen-bond acceptors (Lipinski definition) is 6. The molecule has 1 aromatic carbocycles. The number of carbonyl (C=O) groups excluding carboxylic acids is 1. The zero-order valence-electron chi connectivity index (χ0n) is 15.0. The lowest BCUT2D eigenvalue weighted by Gasteiger charge is -2.35. The number of piperazine rings is 1. The Labute approximate surface area is 161 Å². The smallest absolute Gasteiger partial charge is 0.239 e. The highest BCUT2D eigenvalue weighted by Crippen LogP contribution is 2.26. The molecular formula is C19H20ClN5O2. The van der Waals surface area contributed by atoms with Crippen molar-refractivity contribution in [3.8, 4) is 0 Å². The maximum atomic E-state index is 12.2. The van der Waals surface area contributed by atoms with Gasteiger partial charge in [-0.2, -0.15) is 0 Å². The van der Waals surface area contributed by atoms with Crippen molar-refractivity contribution >= 4 is 39.9 Å². The van der Waals surface area contributed by atoms with Crippen LogP contribution in [0.15, 0.2) is 40.9 Å². The number of aryl methyl sites for hydroxylation is 1. The molecule has 0 radical (unpaired) electrons. The lowest BCUT2D eigenvalue weighted by atomic mass is 10.1. The predicted molar refractivity (Wildman–Crippen MR) is 105 cm³/mol. The molecule has 1 N–H and O–H groups in total. The zero-order valence-corrected chi connectivity index (χ0v) is 15.7. The first kappa shape index (κ1) is 17.8. The minimum absolute atomic E-state index is 0.0939. The van der Waals surface area contributed by atoms with Crippen LogP contribution in [0.5, 0.6) is 0 Å². The van der Waals surface area contributed by atoms with Crippen molar-refractivity contribution < 1.29 is 9.32 Å². The van der Waals surface area contributed by atoms with E-state index in [4.69, 9.17) is 16.1 Å². The van der Waals surface area contributed by atoms with Crippen LogP contribution in [0.4, 0.5) is 11.6 Å². The Hall–Kier alpha value is -2.64. The van der Waals surface area contributed by atoms with Gasteiger partial charge in [0.1, 0.15) is 16.7 Å². The summed E-state index contributed by atoms with van der Waals surface area (Å²) in [5, 5.41) is 9.09. The van der Waals surface area contributed by atoms with E-state index in [1.165, 1.54) is 0 Å². The van der Waals surface area contributed by atoms with Crippen LogP contribution >= 0.6 is 11.6 Å². The van der Waals surface area contributed by atoms with Crippen molar-refractivity contribution in [2.24, 2.45) is 0 Å². The first-order valence-electron chi connectivity index (χ1n) is 8.84. The number of halogens is 1. The third-order valence-electron chi connectivity index (χ3n) is 4.64. The number of aromatic nitrogens is 2. The van der Waals surface area contributed by atoms with Crippen LogP contribution in [0.1, 0.15) is 5.76 Å². The molecular weight excluding hydrogens is 366 g/mol. The van der Waals surface area contributed by atoms with Gasteiger partial charge in [-0.05, 0) is 18.4 Å². The van der Waals surface area contributed by atoms with Crippen LogP contribution < -0.4 is 10.2 Å². The van der Waals surface area contributed by atoms with Crippen molar-refractivity contribution in [1.82, 2.24) is 15.0 Å². The summed E-state index contributed by atoms with van der Waals surface area (Å²) in [6, 6.07) is 11.7. The Morgan fingerprint density at radius 3 is 2.74 bits per heavy atom. The number of rotatable bonds is 4. The largest absolute Gasteiger partial charge is 0.360 e. The second kappa shape index (κ2) is 7.54. The Morgan fingerprint density at radius 2 is 2.00 bits per heavy atom. The molecule has 0 unspecified atom stereocenters. The number of benzene rings is 1. The van der Waals surface area contributed by atoms with Crippen LogP contribution in [-0.4, -0.2) is 53.7 Å². The summed E-state index contributed by atoms with van der Waals surface area (Å²) < 4.78 is 4.96. The second-order valence-corrected chi connectivity index (χ2v) is 6.98. The molecule has 0 bridgehead atoms. The molecule has 3 aromatic rings. The summed E-state index contributed by atoms with van der Waals surface area (Å²) in [5.41, 5.74) is 0. The number of fused-ring (bicyclic) bond motifs is 1. The van der Waals surface area contributed by atoms with Gasteiger partial charge >= 0.3 is 0 Å². The predicted octanol–water partition coefficient (Wildman–Crippen LogP) is 2.95. The molecule has 4 rings (SSSR count). The number of hydrogen-bond donors (Lipinski definition) is 1. The van der Waals surface area contributed by atoms with Gasteiger partial charge in [0.05, 0.1) is 6.54 Å². The maximum absolute atomic E-state index is 12.2. The van der Waals surface area contributed by atoms with Crippen LogP contribution in [0.25, 0.3) is 10.8 Å². The molecule has 0 spiro atoms. The normalized spacial score (nSPS) is 15.3. The fraction of sp³-hybridized carbons (Fsp3) is 0.316. The molecule has 1 aliphatic heterocycles. The molecule has 1 aliphatic rings. The molecule has 1 fully saturated rings. The topological polar surface area (TPSA) is 74.5 Å². The molecule has 2 aromatic heterocycles. The highest BCUT2D eigenvalue weighted by atomic mass is 35.5. The van der Waals surface area contributed by atoms with Gasteiger partial charge < -0.3 is 14.7 Å². The molecule has 0 saturated carbocycles. The summed E-state index contributed by atoms with van der Waals surface area (Å²) in [5.74, 6) is 1.90. The standard InChI is InChI=1S/C19H20ClN5O2/c1-13-10-16(23-27-13)21-18(26)12-24-6-8-25(9-7-24)17-11-14-4-2-3-5-15(14)19(20)22-17/h2-5,10-11H,6-9,12H2,1H3,(H,21,23,26). The van der Waals surface area contributed by atoms with Gasteiger partial charge in [-0.15, -0.1) is 0 Å². The van der Waals surface area contributed by atoms with Crippen molar-refractivity contribution in [3.05, 3.63) is 47.3 Å². The van der Waals surface area contributed by atoms with E-state index in [0.29, 0.717) is 23.3 Å². The van der Waals surface area contributed by atoms with Gasteiger partial charge in [0.25, 0.3) is 0 Å². The minimum atomic E-state index is -0.0939. The van der Waals surface area contributed by atoms with E-state index >= 15 is 0 Å². The number of anilines is 2. The monoisotopic (exact) mass is 385 g/mol. The highest BCUT2D eigenvalue weighted by Gasteiger charge is 2.21. The van der Waals surface area contributed by atoms with Crippen LogP contribution in [0, 0.1) is 6.92 Å². The summed E-state index contributed by atoms with van der Waals surface area (Å²) in [7, 11) is 0. The van der Waals surface area contributed by atoms with Gasteiger partial charge in [0.15, 0.2) is 5.82 Å². The third kappa shape index (κ3) is 4.04. The van der Waals surface area contributed by atoms with Crippen LogP contribution in [0.2, 0.25) is 5.15 Å². The first-order chi connectivity index (χ1) is 13.1. The maximum Gasteiger partial charge on any atom is 0.239 e. The molecule has 1 amide bonds. The number of nitrogens with zero attached hydrogens (tertiary/aromatic N) is 4. The quantitative estimate of drug-likeness (QED) is 0.696. The number of pyridine rings is 1. The Morgan fingerprint density at radius 1 is 1.22 bits per heavy atom. The molecule has 0 aliphatic carbocycles. The second-order valence-electron chi connectivity index (χ2n) is 6.63. The average Bonchev–Trinajstić information content (AvgIpc) is 3.07. The molecule has 0 atom stereocenters. The van der Waals surface area contributed by atoms with Crippen molar-refractivity contribution in [2.75, 3.05) is 42.9 Å². The number of nitrogens with one attached hydrogen (secondary N) is 1. The van der Waals surface area contributed by atoms with Crippen molar-refractivity contribution in [2.45, 2.75) is 6.92 Å². The first-order valence-corrected chi connectivity index (χ1v) is 9.22. The zero-order chi connectivity index (χ0) is 18.8. The Bertz CT molecular complexity index is 966. The van der Waals surface area contributed by atoms with E-state index in [1.807, 2.05) is 24.3 Å². The van der Waals surface area contributed by atoms with Gasteiger partial charge in [0, 0.05) is 37.6 Å². The summed E-state index contributed by atoms with van der Waals surface area (Å²) in [6.07, 6.45) is 0. The van der Waals surface area contributed by atoms with E-state index < -0.39 is 0 Å². The summed E-state index contributed by atoms with van der Waals surface area (Å²) >= 11 is 6.34. The van der Waals surface area contributed by atoms with Crippen molar-refractivity contribution in [1.29, 1.82) is 0 Å². The van der Waals surface area contributed by atoms with Gasteiger partial charge in [-0.25, -0.2) is 4.98 Å². The van der Waals surface area contributed by atoms with Crippen molar-refractivity contribution in [3.63, 3.8) is 0 Å². The lowest BCUT2D eigenvalue weighted by Crippen LogP contribution is -2.49. The van der Waals surface area contributed by atoms with Crippen LogP contribution in [0.3, 0.4) is 0 Å². The van der Waals surface area contributed by atoms with E-state index in [-0.39, 0.29) is 5.91 Å². The molecule has 8 heteroatoms. The summed E-state index contributed by atoms with van der Waals surface area (Å²) in [4.78, 5) is 21.0. The summed E-state index contributed by atoms with van der Waals surface area (Å²) in [6.45, 7) is 5.24. The molecule has 1 saturated heterocycles. The SMILES string of the molecule is Cc1cc(NC(=O)CN2CCN(c3cc4ccccc4c(Cl)n3)CC2)no1. The third-order valence-corrected chi connectivity index (χ3v) is 4.93. The molecule has 7 nitrogen and oxygen atoms in total. The Balaban J connectivity index is 1.35. The van der Waals surface area contributed by atoms with E-state index in [0.717, 1.165) is 42.8 Å². The van der Waals surface area contributed by atoms with Gasteiger partial charge in [-0.1, -0.05) is 41.0 Å². The molecule has 27 heavy (non-hydrogen) atoms. The van der Waals surface area contributed by atoms with E-state index in [1.54, 1.807) is 13.0 Å². The molecule has 140 valence electrons. The van der Waals surface area contributed by atoms with Crippen LogP contribution in [-0.2, 0) is 4.79 Å². The highest BCUT2D eigenvalue weighted by molar-refractivity contribution is 6.34. The average molecular weight is 386 g/mol. The minimum Gasteiger partial charge on any atom is -0.360 e.